The third-order valence-electron chi connectivity index (χ3n) is 3.69. The average Bonchev–Trinajstić information content (AvgIpc) is 3.16. The number of hydrogen-bond acceptors (Lipinski definition) is 6. The number of aromatic nitrogens is 1. The summed E-state index contributed by atoms with van der Waals surface area (Å²) >= 11 is 5.86. The van der Waals surface area contributed by atoms with Crippen LogP contribution in [0.2, 0.25) is 5.02 Å². The number of halogens is 1. The van der Waals surface area contributed by atoms with Gasteiger partial charge in [-0.25, -0.2) is 4.79 Å². The van der Waals surface area contributed by atoms with Crippen LogP contribution < -0.4 is 5.32 Å². The predicted molar refractivity (Wildman–Crippen MR) is 101 cm³/mol. The summed E-state index contributed by atoms with van der Waals surface area (Å²) in [6.07, 6.45) is -0.237. The molecule has 7 nitrogen and oxygen atoms in total. The number of anilines is 1. The number of amides is 1. The Hall–Kier alpha value is -3.63. The van der Waals surface area contributed by atoms with Gasteiger partial charge in [0.15, 0.2) is 12.4 Å². The summed E-state index contributed by atoms with van der Waals surface area (Å²) in [6.45, 7) is -0.0694. The fraction of sp³-hybridized carbons (Fsp3) is 0.100. The van der Waals surface area contributed by atoms with E-state index in [1.165, 1.54) is 12.1 Å². The summed E-state index contributed by atoms with van der Waals surface area (Å²) in [5.41, 5.74) is 2.25. The highest BCUT2D eigenvalue weighted by Gasteiger charge is 2.12. The monoisotopic (exact) mass is 395 g/mol. The Labute approximate surface area is 165 Å². The number of nitriles is 1. The maximum atomic E-state index is 12.1. The molecule has 0 aliphatic carbocycles. The lowest BCUT2D eigenvalue weighted by atomic mass is 10.1. The van der Waals surface area contributed by atoms with E-state index in [1.807, 2.05) is 12.1 Å². The Morgan fingerprint density at radius 1 is 1.14 bits per heavy atom. The van der Waals surface area contributed by atoms with Crippen LogP contribution in [0.3, 0.4) is 0 Å². The van der Waals surface area contributed by atoms with Crippen molar-refractivity contribution in [2.24, 2.45) is 0 Å². The number of carbonyl (C=O) groups excluding carboxylic acids is 2. The van der Waals surface area contributed by atoms with Crippen LogP contribution >= 0.6 is 11.6 Å². The Morgan fingerprint density at radius 3 is 2.54 bits per heavy atom. The number of benzene rings is 2. The van der Waals surface area contributed by atoms with Gasteiger partial charge in [-0.1, -0.05) is 28.9 Å². The molecule has 0 spiro atoms. The summed E-state index contributed by atoms with van der Waals surface area (Å²) in [6, 6.07) is 16.7. The molecule has 0 aliphatic rings. The first kappa shape index (κ1) is 19.1. The lowest BCUT2D eigenvalue weighted by molar-refractivity contribution is -0.115. The quantitative estimate of drug-likeness (QED) is 0.627. The molecule has 0 bridgehead atoms. The molecular formula is C20H14ClN3O4. The molecule has 0 fully saturated rings. The molecule has 28 heavy (non-hydrogen) atoms. The van der Waals surface area contributed by atoms with Gasteiger partial charge in [0.2, 0.25) is 5.91 Å². The van der Waals surface area contributed by atoms with Gasteiger partial charge in [0.25, 0.3) is 0 Å². The van der Waals surface area contributed by atoms with E-state index in [2.05, 4.69) is 10.5 Å². The van der Waals surface area contributed by atoms with E-state index >= 15 is 0 Å². The van der Waals surface area contributed by atoms with Crippen LogP contribution in [0, 0.1) is 11.3 Å². The van der Waals surface area contributed by atoms with Crippen molar-refractivity contribution in [3.8, 4) is 17.3 Å². The minimum atomic E-state index is -0.542. The number of rotatable bonds is 6. The van der Waals surface area contributed by atoms with Gasteiger partial charge in [0.05, 0.1) is 11.6 Å². The topological polar surface area (TPSA) is 105 Å². The molecule has 1 N–H and O–H groups in total. The van der Waals surface area contributed by atoms with E-state index in [4.69, 9.17) is 26.1 Å². The molecule has 1 heterocycles. The van der Waals surface area contributed by atoms with Crippen LogP contribution in [-0.4, -0.2) is 17.0 Å². The van der Waals surface area contributed by atoms with Gasteiger partial charge < -0.3 is 14.6 Å². The second-order valence-electron chi connectivity index (χ2n) is 5.72. The number of esters is 1. The van der Waals surface area contributed by atoms with Crippen molar-refractivity contribution >= 4 is 29.2 Å². The van der Waals surface area contributed by atoms with Gasteiger partial charge in [0.1, 0.15) is 12.1 Å². The molecule has 0 saturated heterocycles. The molecule has 140 valence electrons. The van der Waals surface area contributed by atoms with Crippen LogP contribution in [0.25, 0.3) is 11.3 Å². The van der Waals surface area contributed by atoms with Crippen molar-refractivity contribution in [2.45, 2.75) is 13.0 Å². The number of hydrogen-bond donors (Lipinski definition) is 1. The first-order valence-corrected chi connectivity index (χ1v) is 8.58. The molecule has 1 amide bonds. The van der Waals surface area contributed by atoms with E-state index in [-0.39, 0.29) is 13.0 Å². The van der Waals surface area contributed by atoms with Gasteiger partial charge in [-0.3, -0.25) is 4.79 Å². The summed E-state index contributed by atoms with van der Waals surface area (Å²) in [5.74, 6) is -0.558. The maximum Gasteiger partial charge on any atom is 0.338 e. The molecule has 0 aliphatic heterocycles. The molecular weight excluding hydrogens is 382 g/mol. The lowest BCUT2D eigenvalue weighted by Crippen LogP contribution is -2.10. The van der Waals surface area contributed by atoms with Crippen molar-refractivity contribution in [3.63, 3.8) is 0 Å². The van der Waals surface area contributed by atoms with E-state index in [9.17, 15) is 9.59 Å². The van der Waals surface area contributed by atoms with Crippen molar-refractivity contribution in [2.75, 3.05) is 5.32 Å². The van der Waals surface area contributed by atoms with Crippen LogP contribution in [0.15, 0.2) is 59.1 Å². The third-order valence-corrected chi connectivity index (χ3v) is 3.94. The number of ether oxygens (including phenoxy) is 1. The molecule has 0 radical (unpaired) electrons. The van der Waals surface area contributed by atoms with Crippen molar-refractivity contribution < 1.29 is 18.8 Å². The second kappa shape index (κ2) is 8.84. The standard InChI is InChI=1S/C20H14ClN3O4/c21-15-5-1-13(2-6-15)18-11-17(28-24-18)12-27-20(26)14-3-7-16(8-4-14)23-19(25)9-10-22/h1-8,11H,9,12H2,(H,23,25). The van der Waals surface area contributed by atoms with Gasteiger partial charge in [-0.15, -0.1) is 0 Å². The highest BCUT2D eigenvalue weighted by molar-refractivity contribution is 6.30. The van der Waals surface area contributed by atoms with E-state index in [0.29, 0.717) is 27.7 Å². The Kier molecular flexibility index (Phi) is 6.04. The first-order chi connectivity index (χ1) is 13.5. The van der Waals surface area contributed by atoms with Crippen LogP contribution in [-0.2, 0) is 16.1 Å². The van der Waals surface area contributed by atoms with Gasteiger partial charge >= 0.3 is 5.97 Å². The SMILES string of the molecule is N#CCC(=O)Nc1ccc(C(=O)OCc2cc(-c3ccc(Cl)cc3)no2)cc1. The summed E-state index contributed by atoms with van der Waals surface area (Å²) in [7, 11) is 0. The first-order valence-electron chi connectivity index (χ1n) is 8.20. The maximum absolute atomic E-state index is 12.1. The average molecular weight is 396 g/mol. The van der Waals surface area contributed by atoms with E-state index in [1.54, 1.807) is 36.4 Å². The Morgan fingerprint density at radius 2 is 1.86 bits per heavy atom. The van der Waals surface area contributed by atoms with Crippen LogP contribution in [0.1, 0.15) is 22.5 Å². The fourth-order valence-corrected chi connectivity index (χ4v) is 2.45. The highest BCUT2D eigenvalue weighted by atomic mass is 35.5. The van der Waals surface area contributed by atoms with Crippen molar-refractivity contribution in [1.29, 1.82) is 5.26 Å². The normalized spacial score (nSPS) is 10.1. The molecule has 0 unspecified atom stereocenters. The molecule has 8 heteroatoms. The smallest absolute Gasteiger partial charge is 0.338 e. The largest absolute Gasteiger partial charge is 0.454 e. The molecule has 1 aromatic heterocycles. The van der Waals surface area contributed by atoms with Crippen LogP contribution in [0.4, 0.5) is 5.69 Å². The minimum Gasteiger partial charge on any atom is -0.454 e. The summed E-state index contributed by atoms with van der Waals surface area (Å²) < 4.78 is 10.4. The Balaban J connectivity index is 1.56. The van der Waals surface area contributed by atoms with Gasteiger partial charge in [0, 0.05) is 22.3 Å². The van der Waals surface area contributed by atoms with Gasteiger partial charge in [-0.05, 0) is 36.4 Å². The molecule has 2 aromatic carbocycles. The highest BCUT2D eigenvalue weighted by Crippen LogP contribution is 2.22. The zero-order valence-corrected chi connectivity index (χ0v) is 15.3. The Bertz CT molecular complexity index is 1020. The summed E-state index contributed by atoms with van der Waals surface area (Å²) in [5, 5.41) is 15.6. The predicted octanol–water partition coefficient (Wildman–Crippen LogP) is 4.20. The minimum absolute atomic E-state index is 0.0694. The van der Waals surface area contributed by atoms with E-state index in [0.717, 1.165) is 5.56 Å². The molecule has 3 aromatic rings. The van der Waals surface area contributed by atoms with Gasteiger partial charge in [-0.2, -0.15) is 5.26 Å². The summed E-state index contributed by atoms with van der Waals surface area (Å²) in [4.78, 5) is 23.5. The number of nitrogens with zero attached hydrogens (tertiary/aromatic N) is 2. The zero-order valence-electron chi connectivity index (χ0n) is 14.5. The molecule has 3 rings (SSSR count). The van der Waals surface area contributed by atoms with Crippen molar-refractivity contribution in [3.05, 3.63) is 70.9 Å². The third kappa shape index (κ3) is 4.96. The number of nitrogens with one attached hydrogen (secondary N) is 1. The number of carbonyl (C=O) groups is 2. The molecule has 0 saturated carbocycles. The fourth-order valence-electron chi connectivity index (χ4n) is 2.32. The zero-order chi connectivity index (χ0) is 19.9. The van der Waals surface area contributed by atoms with E-state index < -0.39 is 11.9 Å². The van der Waals surface area contributed by atoms with Crippen LogP contribution in [0.5, 0.6) is 0 Å². The van der Waals surface area contributed by atoms with Crippen molar-refractivity contribution in [1.82, 2.24) is 5.16 Å². The lowest BCUT2D eigenvalue weighted by Gasteiger charge is -2.05. The second-order valence-corrected chi connectivity index (χ2v) is 6.16. The molecule has 0 atom stereocenters.